The molecule has 0 saturated heterocycles. The first-order valence-corrected chi connectivity index (χ1v) is 8.44. The topological polar surface area (TPSA) is 89.2 Å². The van der Waals surface area contributed by atoms with Crippen LogP contribution < -0.4 is 10.6 Å². The number of amides is 1. The van der Waals surface area contributed by atoms with E-state index in [0.717, 1.165) is 23.9 Å². The van der Waals surface area contributed by atoms with Gasteiger partial charge in [-0.05, 0) is 36.8 Å². The monoisotopic (exact) mass is 352 g/mol. The third kappa shape index (κ3) is 3.83. The lowest BCUT2D eigenvalue weighted by molar-refractivity contribution is -0.383. The molecule has 1 amide bonds. The normalized spacial score (nSPS) is 10.7. The zero-order chi connectivity index (χ0) is 18.5. The maximum Gasteiger partial charge on any atom is 0.292 e. The van der Waals surface area contributed by atoms with Gasteiger partial charge in [0.1, 0.15) is 5.69 Å². The number of anilines is 2. The van der Waals surface area contributed by atoms with Gasteiger partial charge in [-0.15, -0.1) is 0 Å². The number of hydrogen-bond acceptors (Lipinski definition) is 4. The first-order valence-electron chi connectivity index (χ1n) is 8.44. The van der Waals surface area contributed by atoms with Crippen LogP contribution in [-0.2, 0) is 11.3 Å². The van der Waals surface area contributed by atoms with Crippen LogP contribution in [0, 0.1) is 10.1 Å². The van der Waals surface area contributed by atoms with Gasteiger partial charge in [-0.2, -0.15) is 0 Å². The molecule has 2 aromatic carbocycles. The summed E-state index contributed by atoms with van der Waals surface area (Å²) in [6.07, 6.45) is 3.09. The number of carbonyl (C=O) groups is 1. The molecule has 0 saturated carbocycles. The van der Waals surface area contributed by atoms with Crippen LogP contribution in [0.3, 0.4) is 0 Å². The number of nitrogens with one attached hydrogen (secondary N) is 2. The second-order valence-electron chi connectivity index (χ2n) is 5.96. The van der Waals surface area contributed by atoms with Crippen LogP contribution in [-0.4, -0.2) is 21.9 Å². The third-order valence-corrected chi connectivity index (χ3v) is 4.06. The minimum Gasteiger partial charge on any atom is -0.371 e. The second-order valence-corrected chi connectivity index (χ2v) is 5.96. The van der Waals surface area contributed by atoms with Crippen LogP contribution in [0.2, 0.25) is 0 Å². The number of rotatable bonds is 7. The van der Waals surface area contributed by atoms with E-state index in [9.17, 15) is 14.9 Å². The number of nitrogens with zero attached hydrogens (tertiary/aromatic N) is 2. The van der Waals surface area contributed by atoms with Crippen molar-refractivity contribution in [1.82, 2.24) is 4.57 Å². The van der Waals surface area contributed by atoms with Crippen molar-refractivity contribution in [2.75, 3.05) is 17.2 Å². The number of fused-ring (bicyclic) bond motifs is 1. The summed E-state index contributed by atoms with van der Waals surface area (Å²) in [7, 11) is 0. The van der Waals surface area contributed by atoms with E-state index in [4.69, 9.17) is 0 Å². The number of nitro groups is 1. The fourth-order valence-electron chi connectivity index (χ4n) is 2.88. The molecule has 0 spiro atoms. The van der Waals surface area contributed by atoms with Crippen LogP contribution in [0.5, 0.6) is 0 Å². The van der Waals surface area contributed by atoms with Crippen molar-refractivity contribution in [2.45, 2.75) is 19.9 Å². The Morgan fingerprint density at radius 1 is 1.19 bits per heavy atom. The molecule has 0 fully saturated rings. The zero-order valence-corrected chi connectivity index (χ0v) is 14.4. The van der Waals surface area contributed by atoms with Gasteiger partial charge in [0.25, 0.3) is 5.69 Å². The predicted octanol–water partition coefficient (Wildman–Crippen LogP) is 4.01. The molecule has 0 aliphatic rings. The minimum atomic E-state index is -0.477. The third-order valence-electron chi connectivity index (χ3n) is 4.06. The van der Waals surface area contributed by atoms with E-state index in [0.29, 0.717) is 11.4 Å². The molecule has 0 unspecified atom stereocenters. The van der Waals surface area contributed by atoms with Crippen LogP contribution in [0.1, 0.15) is 13.3 Å². The van der Waals surface area contributed by atoms with Gasteiger partial charge >= 0.3 is 0 Å². The Labute approximate surface area is 150 Å². The highest BCUT2D eigenvalue weighted by Gasteiger charge is 2.13. The van der Waals surface area contributed by atoms with E-state index in [-0.39, 0.29) is 18.1 Å². The Kier molecular flexibility index (Phi) is 5.17. The van der Waals surface area contributed by atoms with Crippen LogP contribution in [0.15, 0.2) is 54.7 Å². The number of aromatic nitrogens is 1. The molecule has 26 heavy (non-hydrogen) atoms. The summed E-state index contributed by atoms with van der Waals surface area (Å²) in [5.74, 6) is -0.268. The number of para-hydroxylation sites is 2. The number of carbonyl (C=O) groups excluding carboxylic acids is 1. The Morgan fingerprint density at radius 2 is 2.00 bits per heavy atom. The summed E-state index contributed by atoms with van der Waals surface area (Å²) in [5.41, 5.74) is 2.09. The Hall–Kier alpha value is -3.35. The molecule has 2 N–H and O–H groups in total. The van der Waals surface area contributed by atoms with Crippen molar-refractivity contribution < 1.29 is 9.72 Å². The average Bonchev–Trinajstić information content (AvgIpc) is 3.03. The van der Waals surface area contributed by atoms with Crippen molar-refractivity contribution in [3.05, 3.63) is 64.8 Å². The van der Waals surface area contributed by atoms with E-state index in [1.165, 1.54) is 6.07 Å². The summed E-state index contributed by atoms with van der Waals surface area (Å²) in [5, 5.41) is 17.7. The predicted molar refractivity (Wildman–Crippen MR) is 102 cm³/mol. The van der Waals surface area contributed by atoms with Gasteiger partial charge < -0.3 is 15.2 Å². The Balaban J connectivity index is 1.65. The van der Waals surface area contributed by atoms with Gasteiger partial charge in [-0.3, -0.25) is 14.9 Å². The zero-order valence-electron chi connectivity index (χ0n) is 14.4. The molecule has 0 aliphatic heterocycles. The molecule has 1 heterocycles. The van der Waals surface area contributed by atoms with Gasteiger partial charge in [0, 0.05) is 35.4 Å². The molecule has 7 heteroatoms. The summed E-state index contributed by atoms with van der Waals surface area (Å²) in [6.45, 7) is 3.03. The molecule has 3 aromatic rings. The number of hydrogen-bond donors (Lipinski definition) is 2. The standard InChI is InChI=1S/C19H20N4O3/c1-2-10-22-11-9-14-12-15(7-8-17(14)22)21-19(24)13-20-16-5-3-4-6-18(16)23(25)26/h3-9,11-12,20H,2,10,13H2,1H3,(H,21,24). The lowest BCUT2D eigenvalue weighted by Crippen LogP contribution is -2.22. The number of benzene rings is 2. The maximum absolute atomic E-state index is 12.2. The highest BCUT2D eigenvalue weighted by atomic mass is 16.6. The summed E-state index contributed by atoms with van der Waals surface area (Å²) < 4.78 is 2.18. The quantitative estimate of drug-likeness (QED) is 0.497. The molecule has 0 bridgehead atoms. The molecule has 0 atom stereocenters. The molecule has 134 valence electrons. The molecular weight excluding hydrogens is 332 g/mol. The van der Waals surface area contributed by atoms with E-state index in [2.05, 4.69) is 22.1 Å². The second kappa shape index (κ2) is 7.69. The first-order chi connectivity index (χ1) is 12.6. The summed E-state index contributed by atoms with van der Waals surface area (Å²) in [6, 6.07) is 14.0. The van der Waals surface area contributed by atoms with Gasteiger partial charge in [-0.25, -0.2) is 0 Å². The van der Waals surface area contributed by atoms with Gasteiger partial charge in [0.05, 0.1) is 11.5 Å². The average molecular weight is 352 g/mol. The Bertz CT molecular complexity index is 949. The van der Waals surface area contributed by atoms with Crippen molar-refractivity contribution in [3.8, 4) is 0 Å². The van der Waals surface area contributed by atoms with Crippen molar-refractivity contribution in [1.29, 1.82) is 0 Å². The lowest BCUT2D eigenvalue weighted by Gasteiger charge is -2.09. The summed E-state index contributed by atoms with van der Waals surface area (Å²) >= 11 is 0. The number of aryl methyl sites for hydroxylation is 1. The smallest absolute Gasteiger partial charge is 0.292 e. The lowest BCUT2D eigenvalue weighted by atomic mass is 10.2. The summed E-state index contributed by atoms with van der Waals surface area (Å²) in [4.78, 5) is 22.7. The fourth-order valence-corrected chi connectivity index (χ4v) is 2.88. The van der Waals surface area contributed by atoms with Gasteiger partial charge in [-0.1, -0.05) is 19.1 Å². The molecule has 7 nitrogen and oxygen atoms in total. The number of nitro benzene ring substituents is 1. The van der Waals surface area contributed by atoms with Crippen molar-refractivity contribution in [3.63, 3.8) is 0 Å². The van der Waals surface area contributed by atoms with Gasteiger partial charge in [0.15, 0.2) is 0 Å². The van der Waals surface area contributed by atoms with E-state index in [1.807, 2.05) is 30.5 Å². The molecule has 0 aliphatic carbocycles. The van der Waals surface area contributed by atoms with Crippen LogP contribution >= 0.6 is 0 Å². The van der Waals surface area contributed by atoms with E-state index in [1.54, 1.807) is 18.2 Å². The fraction of sp³-hybridized carbons (Fsp3) is 0.211. The van der Waals surface area contributed by atoms with E-state index < -0.39 is 4.92 Å². The largest absolute Gasteiger partial charge is 0.371 e. The maximum atomic E-state index is 12.2. The van der Waals surface area contributed by atoms with E-state index >= 15 is 0 Å². The molecule has 0 radical (unpaired) electrons. The molecule has 3 rings (SSSR count). The SMILES string of the molecule is CCCn1ccc2cc(NC(=O)CNc3ccccc3[N+](=O)[O-])ccc21. The Morgan fingerprint density at radius 3 is 2.77 bits per heavy atom. The minimum absolute atomic E-state index is 0.0558. The molecular formula is C19H20N4O3. The van der Waals surface area contributed by atoms with Crippen LogP contribution in [0.25, 0.3) is 10.9 Å². The first kappa shape index (κ1) is 17.5. The molecule has 1 aromatic heterocycles. The van der Waals surface area contributed by atoms with Crippen molar-refractivity contribution in [2.24, 2.45) is 0 Å². The highest BCUT2D eigenvalue weighted by Crippen LogP contribution is 2.23. The van der Waals surface area contributed by atoms with Gasteiger partial charge in [0.2, 0.25) is 5.91 Å². The highest BCUT2D eigenvalue weighted by molar-refractivity contribution is 5.96. The van der Waals surface area contributed by atoms with Crippen LogP contribution in [0.4, 0.5) is 17.1 Å². The van der Waals surface area contributed by atoms with Crippen molar-refractivity contribution >= 4 is 33.9 Å².